The van der Waals surface area contributed by atoms with Gasteiger partial charge in [0.1, 0.15) is 18.4 Å². The van der Waals surface area contributed by atoms with Gasteiger partial charge in [0.25, 0.3) is 17.2 Å². The normalized spacial score (nSPS) is 15.1. The van der Waals surface area contributed by atoms with E-state index in [0.717, 1.165) is 10.4 Å². The number of aromatic nitrogens is 2. The Kier molecular flexibility index (Phi) is 10.7. The number of nitro groups is 1. The highest BCUT2D eigenvalue weighted by molar-refractivity contribution is 5.99. The van der Waals surface area contributed by atoms with Crippen LogP contribution in [0.15, 0.2) is 53.5 Å². The van der Waals surface area contributed by atoms with Crippen LogP contribution in [-0.2, 0) is 23.8 Å². The van der Waals surface area contributed by atoms with Crippen molar-refractivity contribution in [3.05, 3.63) is 69.1 Å². The van der Waals surface area contributed by atoms with E-state index in [9.17, 15) is 24.5 Å². The Morgan fingerprint density at radius 3 is 2.32 bits per heavy atom. The summed E-state index contributed by atoms with van der Waals surface area (Å²) in [4.78, 5) is 46.8. The maximum atomic E-state index is 13.0. The maximum absolute atomic E-state index is 13.0. The number of nitrogens with zero attached hydrogens (tertiary/aromatic N) is 3. The van der Waals surface area contributed by atoms with Gasteiger partial charge in [-0.15, -0.1) is 0 Å². The monoisotopic (exact) mass is 569 g/mol. The number of carbonyl (C=O) groups is 2. The predicted octanol–water partition coefficient (Wildman–Crippen LogP) is 1.82. The Balaban J connectivity index is 1.06. The molecule has 1 aliphatic rings. The van der Waals surface area contributed by atoms with Crippen LogP contribution in [0, 0.1) is 10.1 Å². The van der Waals surface area contributed by atoms with Gasteiger partial charge >= 0.3 is 0 Å². The first-order chi connectivity index (χ1) is 19.9. The van der Waals surface area contributed by atoms with Crippen LogP contribution in [0.5, 0.6) is 5.75 Å². The molecule has 14 nitrogen and oxygen atoms in total. The fraction of sp³-hybridized carbons (Fsp3) is 0.407. The zero-order valence-corrected chi connectivity index (χ0v) is 22.3. The van der Waals surface area contributed by atoms with Gasteiger partial charge in [-0.2, -0.15) is 5.10 Å². The third-order valence-electron chi connectivity index (χ3n) is 6.18. The van der Waals surface area contributed by atoms with Crippen LogP contribution in [0.25, 0.3) is 10.8 Å². The van der Waals surface area contributed by atoms with Crippen molar-refractivity contribution in [3.8, 4) is 5.75 Å². The van der Waals surface area contributed by atoms with Crippen molar-refractivity contribution < 1.29 is 33.5 Å². The summed E-state index contributed by atoms with van der Waals surface area (Å²) in [5, 5.41) is 21.3. The van der Waals surface area contributed by atoms with E-state index in [1.54, 1.807) is 24.3 Å². The van der Waals surface area contributed by atoms with Crippen molar-refractivity contribution in [2.45, 2.75) is 18.9 Å². The van der Waals surface area contributed by atoms with E-state index < -0.39 is 22.4 Å². The highest BCUT2D eigenvalue weighted by Gasteiger charge is 2.29. The van der Waals surface area contributed by atoms with E-state index in [-0.39, 0.29) is 24.4 Å². The number of nitro benzene ring substituents is 1. The standard InChI is InChI=1S/C27H31N5O9/c33-25-8-7-24(26(34)30-25)31-27(35)23-17-20(2-1-19(23)18-29-31)28-9-10-38-11-12-39-13-14-40-15-16-41-22-5-3-21(4-6-22)32(36)37/h1-6,17-18,24,28H,7-16H2,(H,30,33,34). The predicted molar refractivity (Wildman–Crippen MR) is 147 cm³/mol. The molecule has 4 rings (SSSR count). The lowest BCUT2D eigenvalue weighted by molar-refractivity contribution is -0.384. The van der Waals surface area contributed by atoms with E-state index in [1.807, 2.05) is 6.07 Å². The van der Waals surface area contributed by atoms with Crippen molar-refractivity contribution in [1.29, 1.82) is 0 Å². The van der Waals surface area contributed by atoms with Crippen LogP contribution < -0.4 is 20.9 Å². The van der Waals surface area contributed by atoms with E-state index in [0.29, 0.717) is 69.3 Å². The molecule has 2 aromatic carbocycles. The number of fused-ring (bicyclic) bond motifs is 1. The Bertz CT molecular complexity index is 1410. The highest BCUT2D eigenvalue weighted by Crippen LogP contribution is 2.20. The van der Waals surface area contributed by atoms with Gasteiger partial charge < -0.3 is 24.3 Å². The average molecular weight is 570 g/mol. The van der Waals surface area contributed by atoms with Crippen LogP contribution in [-0.4, -0.2) is 79.3 Å². The molecule has 1 unspecified atom stereocenters. The SMILES string of the molecule is O=C1CCC(n2ncc3ccc(NCCOCCOCCOCCOc4ccc([N+](=O)[O-])cc4)cc3c2=O)C(=O)N1. The molecule has 0 spiro atoms. The largest absolute Gasteiger partial charge is 0.491 e. The van der Waals surface area contributed by atoms with E-state index in [1.165, 1.54) is 18.3 Å². The van der Waals surface area contributed by atoms with Crippen molar-refractivity contribution >= 4 is 34.0 Å². The molecule has 0 bridgehead atoms. The first-order valence-corrected chi connectivity index (χ1v) is 13.1. The van der Waals surface area contributed by atoms with Crippen LogP contribution >= 0.6 is 0 Å². The summed E-state index contributed by atoms with van der Waals surface area (Å²) in [6.07, 6.45) is 1.93. The highest BCUT2D eigenvalue weighted by atomic mass is 16.6. The minimum Gasteiger partial charge on any atom is -0.491 e. The summed E-state index contributed by atoms with van der Waals surface area (Å²) in [6.45, 7) is 3.23. The first kappa shape index (κ1) is 29.6. The van der Waals surface area contributed by atoms with Crippen molar-refractivity contribution in [1.82, 2.24) is 15.1 Å². The molecule has 0 saturated carbocycles. The molecule has 2 amide bonds. The Hall–Kier alpha value is -4.40. The topological polar surface area (TPSA) is 173 Å². The zero-order valence-electron chi connectivity index (χ0n) is 22.3. The number of amides is 2. The van der Waals surface area contributed by atoms with Gasteiger partial charge in [0, 0.05) is 36.2 Å². The molecule has 0 radical (unpaired) electrons. The van der Waals surface area contributed by atoms with Gasteiger partial charge in [-0.25, -0.2) is 4.68 Å². The lowest BCUT2D eigenvalue weighted by Gasteiger charge is -2.21. The van der Waals surface area contributed by atoms with Gasteiger partial charge in [-0.3, -0.25) is 29.8 Å². The number of benzene rings is 2. The molecule has 2 N–H and O–H groups in total. The fourth-order valence-corrected chi connectivity index (χ4v) is 4.09. The van der Waals surface area contributed by atoms with E-state index in [2.05, 4.69) is 15.7 Å². The molecule has 3 aromatic rings. The number of anilines is 1. The van der Waals surface area contributed by atoms with Crippen molar-refractivity contribution in [3.63, 3.8) is 0 Å². The molecule has 2 heterocycles. The molecule has 0 aliphatic carbocycles. The molecule has 1 aliphatic heterocycles. The summed E-state index contributed by atoms with van der Waals surface area (Å²) in [7, 11) is 0. The minimum atomic E-state index is -0.813. The number of non-ortho nitro benzene ring substituents is 1. The van der Waals surface area contributed by atoms with Gasteiger partial charge in [0.2, 0.25) is 5.91 Å². The molecule has 1 fully saturated rings. The van der Waals surface area contributed by atoms with Gasteiger partial charge in [0.05, 0.1) is 56.1 Å². The molecule has 1 atom stereocenters. The lowest BCUT2D eigenvalue weighted by Crippen LogP contribution is -2.45. The van der Waals surface area contributed by atoms with Gasteiger partial charge in [-0.1, -0.05) is 6.07 Å². The summed E-state index contributed by atoms with van der Waals surface area (Å²) >= 11 is 0. The number of rotatable bonds is 16. The third-order valence-corrected chi connectivity index (χ3v) is 6.18. The van der Waals surface area contributed by atoms with E-state index >= 15 is 0 Å². The summed E-state index contributed by atoms with van der Waals surface area (Å²) in [5.41, 5.74) is 0.343. The van der Waals surface area contributed by atoms with Gasteiger partial charge in [-0.05, 0) is 30.7 Å². The second-order valence-electron chi connectivity index (χ2n) is 9.03. The Morgan fingerprint density at radius 2 is 1.63 bits per heavy atom. The number of ether oxygens (including phenoxy) is 4. The smallest absolute Gasteiger partial charge is 0.275 e. The molecular weight excluding hydrogens is 538 g/mol. The number of imide groups is 1. The Morgan fingerprint density at radius 1 is 0.951 bits per heavy atom. The maximum Gasteiger partial charge on any atom is 0.275 e. The molecule has 1 saturated heterocycles. The van der Waals surface area contributed by atoms with Crippen molar-refractivity contribution in [2.24, 2.45) is 0 Å². The first-order valence-electron chi connectivity index (χ1n) is 13.1. The number of hydrogen-bond donors (Lipinski definition) is 2. The number of piperidine rings is 1. The number of hydrogen-bond acceptors (Lipinski definition) is 11. The molecule has 1 aromatic heterocycles. The molecule has 14 heteroatoms. The van der Waals surface area contributed by atoms with Crippen molar-refractivity contribution in [2.75, 3.05) is 58.1 Å². The Labute approximate surface area is 234 Å². The minimum absolute atomic E-state index is 0.00974. The second-order valence-corrected chi connectivity index (χ2v) is 9.03. The number of nitrogens with one attached hydrogen (secondary N) is 2. The summed E-state index contributed by atoms with van der Waals surface area (Å²) in [6, 6.07) is 10.4. The van der Waals surface area contributed by atoms with Crippen LogP contribution in [0.1, 0.15) is 18.9 Å². The zero-order chi connectivity index (χ0) is 29.0. The summed E-state index contributed by atoms with van der Waals surface area (Å²) < 4.78 is 23.1. The van der Waals surface area contributed by atoms with Gasteiger partial charge in [0.15, 0.2) is 0 Å². The van der Waals surface area contributed by atoms with E-state index in [4.69, 9.17) is 18.9 Å². The van der Waals surface area contributed by atoms with Crippen LogP contribution in [0.3, 0.4) is 0 Å². The lowest BCUT2D eigenvalue weighted by atomic mass is 10.1. The molecule has 41 heavy (non-hydrogen) atoms. The quantitative estimate of drug-likeness (QED) is 0.111. The molecule has 218 valence electrons. The second kappa shape index (κ2) is 14.8. The number of carbonyl (C=O) groups excluding carboxylic acids is 2. The molecular formula is C27H31N5O9. The fourth-order valence-electron chi connectivity index (χ4n) is 4.09. The van der Waals surface area contributed by atoms with Crippen LogP contribution in [0.2, 0.25) is 0 Å². The average Bonchev–Trinajstić information content (AvgIpc) is 2.96. The summed E-state index contributed by atoms with van der Waals surface area (Å²) in [5.74, 6) is -0.340. The third kappa shape index (κ3) is 8.54. The van der Waals surface area contributed by atoms with Crippen LogP contribution in [0.4, 0.5) is 11.4 Å².